The van der Waals surface area contributed by atoms with E-state index in [0.717, 1.165) is 25.9 Å². The zero-order valence-corrected chi connectivity index (χ0v) is 14.8. The third kappa shape index (κ3) is 4.46. The first-order chi connectivity index (χ1) is 11.7. The Bertz CT molecular complexity index is 693. The fourth-order valence-corrected chi connectivity index (χ4v) is 3.31. The number of rotatable bonds is 5. The molecule has 0 saturated heterocycles. The molecule has 1 heterocycles. The molecule has 1 nitrogen and oxygen atoms in total. The van der Waals surface area contributed by atoms with E-state index in [-0.39, 0.29) is 0 Å². The minimum absolute atomic E-state index is 0.465. The second-order valence-corrected chi connectivity index (χ2v) is 6.84. The summed E-state index contributed by atoms with van der Waals surface area (Å²) in [6.07, 6.45) is 7.05. The number of nitrogens with zero attached hydrogens (tertiary/aromatic N) is 1. The standard InChI is InChI=1S/C23H27N/c1-19(2)13-15-24-16-14-22(21-11-7-4-8-12-21)18-23(24)17-20-9-5-3-6-10-20/h3-13,18,23H,14-17H2,1-2H3. The Balaban J connectivity index is 1.84. The molecule has 2 aromatic carbocycles. The predicted octanol–water partition coefficient (Wildman–Crippen LogP) is 5.35. The van der Waals surface area contributed by atoms with Crippen molar-refractivity contribution in [2.24, 2.45) is 0 Å². The molecular weight excluding hydrogens is 290 g/mol. The number of benzene rings is 2. The monoisotopic (exact) mass is 317 g/mol. The van der Waals surface area contributed by atoms with E-state index in [9.17, 15) is 0 Å². The van der Waals surface area contributed by atoms with Gasteiger partial charge in [-0.1, -0.05) is 78.4 Å². The van der Waals surface area contributed by atoms with Gasteiger partial charge in [-0.3, -0.25) is 4.90 Å². The highest BCUT2D eigenvalue weighted by Gasteiger charge is 2.22. The maximum atomic E-state index is 2.60. The van der Waals surface area contributed by atoms with Crippen LogP contribution in [-0.2, 0) is 6.42 Å². The minimum atomic E-state index is 0.465. The average Bonchev–Trinajstić information content (AvgIpc) is 2.62. The van der Waals surface area contributed by atoms with Gasteiger partial charge in [0, 0.05) is 19.1 Å². The molecule has 24 heavy (non-hydrogen) atoms. The van der Waals surface area contributed by atoms with Crippen molar-refractivity contribution < 1.29 is 0 Å². The SMILES string of the molecule is CC(C)=CCN1CCC(c2ccccc2)=CC1Cc1ccccc1. The van der Waals surface area contributed by atoms with E-state index < -0.39 is 0 Å². The fourth-order valence-electron chi connectivity index (χ4n) is 3.31. The van der Waals surface area contributed by atoms with Crippen molar-refractivity contribution in [2.45, 2.75) is 32.7 Å². The minimum Gasteiger partial charge on any atom is -0.293 e. The van der Waals surface area contributed by atoms with Crippen LogP contribution in [0.5, 0.6) is 0 Å². The van der Waals surface area contributed by atoms with Crippen molar-refractivity contribution in [1.29, 1.82) is 0 Å². The Kier molecular flexibility index (Phi) is 5.66. The first-order valence-corrected chi connectivity index (χ1v) is 8.90. The highest BCUT2D eigenvalue weighted by atomic mass is 15.1. The lowest BCUT2D eigenvalue weighted by atomic mass is 9.92. The van der Waals surface area contributed by atoms with Gasteiger partial charge in [0.05, 0.1) is 0 Å². The van der Waals surface area contributed by atoms with Crippen LogP contribution in [0.3, 0.4) is 0 Å². The van der Waals surface area contributed by atoms with Crippen LogP contribution in [0.15, 0.2) is 78.4 Å². The summed E-state index contributed by atoms with van der Waals surface area (Å²) in [7, 11) is 0. The van der Waals surface area contributed by atoms with Crippen LogP contribution in [0.4, 0.5) is 0 Å². The molecule has 1 unspecified atom stereocenters. The van der Waals surface area contributed by atoms with Crippen molar-refractivity contribution in [2.75, 3.05) is 13.1 Å². The quantitative estimate of drug-likeness (QED) is 0.672. The van der Waals surface area contributed by atoms with Gasteiger partial charge < -0.3 is 0 Å². The van der Waals surface area contributed by atoms with E-state index in [2.05, 4.69) is 91.6 Å². The molecule has 0 radical (unpaired) electrons. The molecule has 0 fully saturated rings. The van der Waals surface area contributed by atoms with Crippen molar-refractivity contribution >= 4 is 5.57 Å². The van der Waals surface area contributed by atoms with Gasteiger partial charge in [-0.15, -0.1) is 0 Å². The maximum Gasteiger partial charge on any atom is 0.0327 e. The van der Waals surface area contributed by atoms with E-state index in [1.54, 1.807) is 0 Å². The Morgan fingerprint density at radius 3 is 2.33 bits per heavy atom. The maximum absolute atomic E-state index is 2.60. The topological polar surface area (TPSA) is 3.24 Å². The summed E-state index contributed by atoms with van der Waals surface area (Å²) in [6, 6.07) is 22.1. The second-order valence-electron chi connectivity index (χ2n) is 6.84. The molecule has 0 aliphatic carbocycles. The molecule has 124 valence electrons. The van der Waals surface area contributed by atoms with Gasteiger partial charge in [0.1, 0.15) is 0 Å². The molecule has 2 aromatic rings. The van der Waals surface area contributed by atoms with Crippen LogP contribution in [0.2, 0.25) is 0 Å². The molecule has 1 aliphatic rings. The van der Waals surface area contributed by atoms with Gasteiger partial charge in [-0.25, -0.2) is 0 Å². The summed E-state index contributed by atoms with van der Waals surface area (Å²) in [5, 5.41) is 0. The van der Waals surface area contributed by atoms with E-state index in [1.165, 1.54) is 22.3 Å². The van der Waals surface area contributed by atoms with Gasteiger partial charge in [0.25, 0.3) is 0 Å². The summed E-state index contributed by atoms with van der Waals surface area (Å²) in [5.41, 5.74) is 5.67. The lowest BCUT2D eigenvalue weighted by Crippen LogP contribution is -2.39. The van der Waals surface area contributed by atoms with Crippen LogP contribution in [0.1, 0.15) is 31.4 Å². The third-order valence-corrected chi connectivity index (χ3v) is 4.70. The van der Waals surface area contributed by atoms with E-state index in [0.29, 0.717) is 6.04 Å². The van der Waals surface area contributed by atoms with E-state index in [1.807, 2.05) is 0 Å². The molecule has 1 atom stereocenters. The zero-order chi connectivity index (χ0) is 16.8. The van der Waals surface area contributed by atoms with Gasteiger partial charge in [0.2, 0.25) is 0 Å². The van der Waals surface area contributed by atoms with E-state index in [4.69, 9.17) is 0 Å². The molecule has 0 bridgehead atoms. The Labute approximate surface area is 146 Å². The highest BCUT2D eigenvalue weighted by molar-refractivity contribution is 5.67. The molecule has 0 spiro atoms. The molecule has 0 N–H and O–H groups in total. The molecular formula is C23H27N. The van der Waals surface area contributed by atoms with Crippen LogP contribution in [0, 0.1) is 0 Å². The third-order valence-electron chi connectivity index (χ3n) is 4.70. The summed E-state index contributed by atoms with van der Waals surface area (Å²) in [5.74, 6) is 0. The second kappa shape index (κ2) is 8.12. The van der Waals surface area contributed by atoms with Gasteiger partial charge in [-0.05, 0) is 43.4 Å². The number of allylic oxidation sites excluding steroid dienone is 1. The Morgan fingerprint density at radius 1 is 1.00 bits per heavy atom. The van der Waals surface area contributed by atoms with Crippen molar-refractivity contribution in [1.82, 2.24) is 4.90 Å². The average molecular weight is 317 g/mol. The Morgan fingerprint density at radius 2 is 1.67 bits per heavy atom. The summed E-state index contributed by atoms with van der Waals surface area (Å²) >= 11 is 0. The van der Waals surface area contributed by atoms with Crippen LogP contribution in [0.25, 0.3) is 5.57 Å². The van der Waals surface area contributed by atoms with Crippen LogP contribution in [-0.4, -0.2) is 24.0 Å². The smallest absolute Gasteiger partial charge is 0.0327 e. The summed E-state index contributed by atoms with van der Waals surface area (Å²) in [4.78, 5) is 2.60. The molecule has 0 aromatic heterocycles. The summed E-state index contributed by atoms with van der Waals surface area (Å²) in [6.45, 7) is 6.53. The molecule has 0 saturated carbocycles. The Hall–Kier alpha value is -2.12. The number of hydrogen-bond donors (Lipinski definition) is 0. The van der Waals surface area contributed by atoms with Gasteiger partial charge in [-0.2, -0.15) is 0 Å². The fraction of sp³-hybridized carbons (Fsp3) is 0.304. The zero-order valence-electron chi connectivity index (χ0n) is 14.8. The van der Waals surface area contributed by atoms with Crippen molar-refractivity contribution in [3.8, 4) is 0 Å². The lowest BCUT2D eigenvalue weighted by molar-refractivity contribution is 0.248. The lowest BCUT2D eigenvalue weighted by Gasteiger charge is -2.34. The van der Waals surface area contributed by atoms with Gasteiger partial charge in [0.15, 0.2) is 0 Å². The van der Waals surface area contributed by atoms with Gasteiger partial charge >= 0.3 is 0 Å². The first-order valence-electron chi connectivity index (χ1n) is 8.90. The van der Waals surface area contributed by atoms with Crippen molar-refractivity contribution in [3.63, 3.8) is 0 Å². The summed E-state index contributed by atoms with van der Waals surface area (Å²) < 4.78 is 0. The molecule has 0 amide bonds. The molecule has 3 rings (SSSR count). The van der Waals surface area contributed by atoms with E-state index >= 15 is 0 Å². The van der Waals surface area contributed by atoms with Crippen LogP contribution >= 0.6 is 0 Å². The normalized spacial score (nSPS) is 18.1. The highest BCUT2D eigenvalue weighted by Crippen LogP contribution is 2.27. The van der Waals surface area contributed by atoms with Crippen LogP contribution < -0.4 is 0 Å². The number of hydrogen-bond acceptors (Lipinski definition) is 1. The largest absolute Gasteiger partial charge is 0.293 e. The predicted molar refractivity (Wildman–Crippen MR) is 104 cm³/mol. The molecule has 1 heteroatoms. The first kappa shape index (κ1) is 16.7. The van der Waals surface area contributed by atoms with Crippen molar-refractivity contribution in [3.05, 3.63) is 89.5 Å². The molecule has 1 aliphatic heterocycles.